The molecule has 0 amide bonds. The summed E-state index contributed by atoms with van der Waals surface area (Å²) in [6, 6.07) is 3.51. The first-order chi connectivity index (χ1) is 11.2. The average molecular weight is 360 g/mol. The van der Waals surface area contributed by atoms with Crippen LogP contribution in [0.5, 0.6) is 5.75 Å². The van der Waals surface area contributed by atoms with E-state index >= 15 is 0 Å². The molecular formula is C15H13ClF3N3O2. The van der Waals surface area contributed by atoms with Crippen molar-refractivity contribution in [2.45, 2.75) is 13.1 Å². The summed E-state index contributed by atoms with van der Waals surface area (Å²) in [6.45, 7) is 0.927. The number of aryl methyl sites for hydroxylation is 1. The molecule has 0 fully saturated rings. The number of alkyl halides is 3. The van der Waals surface area contributed by atoms with E-state index < -0.39 is 29.7 Å². The van der Waals surface area contributed by atoms with E-state index in [-0.39, 0.29) is 16.9 Å². The monoisotopic (exact) mass is 359 g/mol. The second-order valence-corrected chi connectivity index (χ2v) is 5.20. The molecular weight excluding hydrogens is 347 g/mol. The highest BCUT2D eigenvalue weighted by Gasteiger charge is 2.35. The van der Waals surface area contributed by atoms with Gasteiger partial charge >= 0.3 is 6.18 Å². The van der Waals surface area contributed by atoms with Crippen LogP contribution in [0.15, 0.2) is 24.4 Å². The molecule has 2 rings (SSSR count). The number of ketones is 1. The number of carbonyl (C=O) groups is 1. The van der Waals surface area contributed by atoms with Crippen molar-refractivity contribution in [2.75, 3.05) is 19.0 Å². The first-order valence-corrected chi connectivity index (χ1v) is 7.14. The standard InChI is InChI=1S/C15H13ClF3N3O2/c1-8-3-4-9(10(5-8)15(17,18)19)11(23)7-24-12-6-21-14(16)22-13(12)20-2/h3-6H,7H2,1-2H3,(H,20,21,22). The van der Waals surface area contributed by atoms with Crippen LogP contribution in [0.3, 0.4) is 0 Å². The zero-order valence-electron chi connectivity index (χ0n) is 12.7. The number of ether oxygens (including phenoxy) is 1. The van der Waals surface area contributed by atoms with E-state index in [1.165, 1.54) is 19.2 Å². The number of rotatable bonds is 5. The van der Waals surface area contributed by atoms with E-state index in [9.17, 15) is 18.0 Å². The predicted molar refractivity (Wildman–Crippen MR) is 82.6 cm³/mol. The molecule has 0 radical (unpaired) electrons. The lowest BCUT2D eigenvalue weighted by Crippen LogP contribution is -2.18. The maximum Gasteiger partial charge on any atom is 0.417 e. The summed E-state index contributed by atoms with van der Waals surface area (Å²) in [5.74, 6) is -0.474. The Hall–Kier alpha value is -2.35. The fourth-order valence-corrected chi connectivity index (χ4v) is 2.12. The largest absolute Gasteiger partial charge is 0.480 e. The molecule has 0 saturated heterocycles. The molecule has 9 heteroatoms. The fraction of sp³-hybridized carbons (Fsp3) is 0.267. The van der Waals surface area contributed by atoms with Gasteiger partial charge in [0.2, 0.25) is 11.1 Å². The number of nitrogens with zero attached hydrogens (tertiary/aromatic N) is 2. The minimum atomic E-state index is -4.63. The van der Waals surface area contributed by atoms with Gasteiger partial charge in [-0.3, -0.25) is 4.79 Å². The molecule has 0 saturated carbocycles. The van der Waals surface area contributed by atoms with Gasteiger partial charge in [-0.15, -0.1) is 0 Å². The van der Waals surface area contributed by atoms with Crippen molar-refractivity contribution in [3.63, 3.8) is 0 Å². The Balaban J connectivity index is 2.23. The van der Waals surface area contributed by atoms with Crippen molar-refractivity contribution < 1.29 is 22.7 Å². The van der Waals surface area contributed by atoms with E-state index in [0.717, 1.165) is 12.1 Å². The molecule has 0 aliphatic carbocycles. The third kappa shape index (κ3) is 4.14. The zero-order valence-corrected chi connectivity index (χ0v) is 13.5. The quantitative estimate of drug-likeness (QED) is 0.650. The summed E-state index contributed by atoms with van der Waals surface area (Å²) < 4.78 is 44.5. The highest BCUT2D eigenvalue weighted by atomic mass is 35.5. The van der Waals surface area contributed by atoms with Gasteiger partial charge in [0.25, 0.3) is 0 Å². The predicted octanol–water partition coefficient (Wildman–Crippen LogP) is 3.76. The van der Waals surface area contributed by atoms with Crippen molar-refractivity contribution in [2.24, 2.45) is 0 Å². The number of anilines is 1. The molecule has 2 aromatic rings. The number of carbonyl (C=O) groups excluding carboxylic acids is 1. The third-order valence-corrected chi connectivity index (χ3v) is 3.28. The normalized spacial score (nSPS) is 11.2. The zero-order chi connectivity index (χ0) is 17.9. The molecule has 0 aliphatic rings. The van der Waals surface area contributed by atoms with Crippen LogP contribution in [-0.4, -0.2) is 29.4 Å². The van der Waals surface area contributed by atoms with Crippen molar-refractivity contribution in [3.8, 4) is 5.75 Å². The van der Waals surface area contributed by atoms with Gasteiger partial charge in [0.1, 0.15) is 0 Å². The first-order valence-electron chi connectivity index (χ1n) is 6.76. The van der Waals surface area contributed by atoms with Gasteiger partial charge in [0.05, 0.1) is 11.8 Å². The minimum Gasteiger partial charge on any atom is -0.480 e. The molecule has 0 bridgehead atoms. The van der Waals surface area contributed by atoms with E-state index in [4.69, 9.17) is 16.3 Å². The van der Waals surface area contributed by atoms with Gasteiger partial charge in [-0.25, -0.2) is 4.98 Å². The van der Waals surface area contributed by atoms with Crippen molar-refractivity contribution in [3.05, 3.63) is 46.4 Å². The molecule has 1 N–H and O–H groups in total. The molecule has 0 atom stereocenters. The van der Waals surface area contributed by atoms with Crippen LogP contribution in [0.2, 0.25) is 5.28 Å². The highest BCUT2D eigenvalue weighted by molar-refractivity contribution is 6.28. The lowest BCUT2D eigenvalue weighted by atomic mass is 10.0. The number of hydrogen-bond donors (Lipinski definition) is 1. The Morgan fingerprint density at radius 1 is 1.38 bits per heavy atom. The molecule has 128 valence electrons. The van der Waals surface area contributed by atoms with Gasteiger partial charge in [-0.05, 0) is 24.6 Å². The Morgan fingerprint density at radius 3 is 2.71 bits per heavy atom. The second kappa shape index (κ2) is 7.04. The lowest BCUT2D eigenvalue weighted by Gasteiger charge is -2.14. The number of halogens is 4. The van der Waals surface area contributed by atoms with Crippen LogP contribution >= 0.6 is 11.6 Å². The number of nitrogens with one attached hydrogen (secondary N) is 1. The smallest absolute Gasteiger partial charge is 0.417 e. The van der Waals surface area contributed by atoms with E-state index in [1.54, 1.807) is 7.05 Å². The molecule has 0 unspecified atom stereocenters. The molecule has 24 heavy (non-hydrogen) atoms. The average Bonchev–Trinajstić information content (AvgIpc) is 2.52. The summed E-state index contributed by atoms with van der Waals surface area (Å²) in [5.41, 5.74) is -1.03. The Labute approximate surface area is 140 Å². The molecule has 0 spiro atoms. The van der Waals surface area contributed by atoms with Gasteiger partial charge in [0.15, 0.2) is 18.2 Å². The SMILES string of the molecule is CNc1nc(Cl)ncc1OCC(=O)c1ccc(C)cc1C(F)(F)F. The highest BCUT2D eigenvalue weighted by Crippen LogP contribution is 2.33. The summed E-state index contributed by atoms with van der Waals surface area (Å²) >= 11 is 5.63. The van der Waals surface area contributed by atoms with Crippen LogP contribution in [-0.2, 0) is 6.18 Å². The minimum absolute atomic E-state index is 0.0316. The summed E-state index contributed by atoms with van der Waals surface area (Å²) in [6.07, 6.45) is -3.40. The summed E-state index contributed by atoms with van der Waals surface area (Å²) in [7, 11) is 1.55. The number of Topliss-reactive ketones (excluding diaryl/α,β-unsaturated/α-hetero) is 1. The number of aromatic nitrogens is 2. The third-order valence-electron chi connectivity index (χ3n) is 3.10. The van der Waals surface area contributed by atoms with Crippen LogP contribution in [0.4, 0.5) is 19.0 Å². The van der Waals surface area contributed by atoms with Crippen LogP contribution in [0, 0.1) is 6.92 Å². The van der Waals surface area contributed by atoms with Crippen LogP contribution < -0.4 is 10.1 Å². The maximum atomic E-state index is 13.1. The Kier molecular flexibility index (Phi) is 5.28. The molecule has 5 nitrogen and oxygen atoms in total. The lowest BCUT2D eigenvalue weighted by molar-refractivity contribution is -0.138. The van der Waals surface area contributed by atoms with E-state index in [1.807, 2.05) is 0 Å². The fourth-order valence-electron chi connectivity index (χ4n) is 1.99. The Morgan fingerprint density at radius 2 is 2.08 bits per heavy atom. The molecule has 1 aromatic heterocycles. The first kappa shape index (κ1) is 18.0. The van der Waals surface area contributed by atoms with Gasteiger partial charge < -0.3 is 10.1 Å². The van der Waals surface area contributed by atoms with Crippen LogP contribution in [0.1, 0.15) is 21.5 Å². The van der Waals surface area contributed by atoms with E-state index in [2.05, 4.69) is 15.3 Å². The second-order valence-electron chi connectivity index (χ2n) is 4.86. The molecule has 1 aromatic carbocycles. The Bertz CT molecular complexity index is 766. The number of hydrogen-bond acceptors (Lipinski definition) is 5. The molecule has 1 heterocycles. The van der Waals surface area contributed by atoms with Gasteiger partial charge in [0, 0.05) is 12.6 Å². The number of benzene rings is 1. The summed E-state index contributed by atoms with van der Waals surface area (Å²) in [4.78, 5) is 19.7. The van der Waals surface area contributed by atoms with Crippen molar-refractivity contribution in [1.82, 2.24) is 9.97 Å². The summed E-state index contributed by atoms with van der Waals surface area (Å²) in [5, 5.41) is 2.66. The van der Waals surface area contributed by atoms with Crippen LogP contribution in [0.25, 0.3) is 0 Å². The van der Waals surface area contributed by atoms with Gasteiger partial charge in [-0.2, -0.15) is 18.2 Å². The van der Waals surface area contributed by atoms with Crippen molar-refractivity contribution in [1.29, 1.82) is 0 Å². The van der Waals surface area contributed by atoms with E-state index in [0.29, 0.717) is 5.56 Å². The molecule has 0 aliphatic heterocycles. The van der Waals surface area contributed by atoms with Gasteiger partial charge in [-0.1, -0.05) is 17.7 Å². The van der Waals surface area contributed by atoms with Crippen molar-refractivity contribution >= 4 is 23.2 Å². The maximum absolute atomic E-state index is 13.1. The topological polar surface area (TPSA) is 64.1 Å².